The quantitative estimate of drug-likeness (QED) is 0.340. The third-order valence-electron chi connectivity index (χ3n) is 7.98. The van der Waals surface area contributed by atoms with E-state index in [0.717, 1.165) is 30.6 Å². The number of halogens is 3. The summed E-state index contributed by atoms with van der Waals surface area (Å²) in [5.74, 6) is -2.88. The molecule has 0 bridgehead atoms. The summed E-state index contributed by atoms with van der Waals surface area (Å²) in [5, 5.41) is 19.7. The van der Waals surface area contributed by atoms with E-state index in [1.54, 1.807) is 18.2 Å². The number of fused-ring (bicyclic) bond motifs is 1. The number of hydrogen-bond acceptors (Lipinski definition) is 6. The van der Waals surface area contributed by atoms with Crippen molar-refractivity contribution in [2.45, 2.75) is 31.4 Å². The fourth-order valence-electron chi connectivity index (χ4n) is 5.92. The Hall–Kier alpha value is -4.25. The first-order chi connectivity index (χ1) is 20.8. The molecule has 0 aliphatic carbocycles. The Kier molecular flexibility index (Phi) is 9.33. The van der Waals surface area contributed by atoms with Crippen molar-refractivity contribution in [2.24, 2.45) is 5.16 Å². The number of carbonyl (C=O) groups excluding carboxylic acids is 2. The lowest BCUT2D eigenvalue weighted by atomic mass is 9.84. The molecule has 0 spiro atoms. The molecule has 9 nitrogen and oxygen atoms in total. The molecule has 0 fully saturated rings. The maximum atomic E-state index is 14.7. The molecule has 3 aromatic rings. The average molecular weight is 640 g/mol. The van der Waals surface area contributed by atoms with E-state index < -0.39 is 35.7 Å². The standard InChI is InChI=1S/C32H28ClFN4O5.ClH/c33-24-9-4-8-22(28(24)34)26-17-27(43-37-26)31(40)38-16-13-20-19(18-11-14-35-15-12-18)6-3-7-21(20)29(38)30(39)36-25-10-2-1-5-23(25)32(41)42;/h1-11,27,29,35H,12-17H2,(H,36,39)(H,41,42);1H/t27?,29-;/m0./s1. The molecule has 0 radical (unpaired) electrons. The molecule has 2 atom stereocenters. The van der Waals surface area contributed by atoms with Crippen molar-refractivity contribution in [3.05, 3.63) is 105 Å². The van der Waals surface area contributed by atoms with Crippen LogP contribution >= 0.6 is 24.0 Å². The maximum absolute atomic E-state index is 14.7. The first kappa shape index (κ1) is 31.2. The highest BCUT2D eigenvalue weighted by Gasteiger charge is 2.42. The molecule has 44 heavy (non-hydrogen) atoms. The van der Waals surface area contributed by atoms with Gasteiger partial charge < -0.3 is 25.5 Å². The number of aromatic carboxylic acids is 1. The molecule has 3 aromatic carbocycles. The Morgan fingerprint density at radius 2 is 1.82 bits per heavy atom. The van der Waals surface area contributed by atoms with Crippen LogP contribution in [0.5, 0.6) is 0 Å². The van der Waals surface area contributed by atoms with Gasteiger partial charge in [0, 0.05) is 25.1 Å². The van der Waals surface area contributed by atoms with Gasteiger partial charge in [0.15, 0.2) is 5.82 Å². The first-order valence-corrected chi connectivity index (χ1v) is 14.3. The monoisotopic (exact) mass is 638 g/mol. The van der Waals surface area contributed by atoms with Crippen LogP contribution in [0.2, 0.25) is 5.02 Å². The van der Waals surface area contributed by atoms with Crippen molar-refractivity contribution in [1.29, 1.82) is 0 Å². The number of nitrogens with one attached hydrogen (secondary N) is 2. The molecule has 0 saturated heterocycles. The van der Waals surface area contributed by atoms with Crippen LogP contribution in [0.1, 0.15) is 51.5 Å². The van der Waals surface area contributed by atoms with Gasteiger partial charge in [-0.25, -0.2) is 9.18 Å². The molecule has 3 aliphatic heterocycles. The van der Waals surface area contributed by atoms with E-state index in [9.17, 15) is 23.9 Å². The molecule has 6 rings (SSSR count). The Morgan fingerprint density at radius 3 is 2.59 bits per heavy atom. The molecule has 0 saturated carbocycles. The van der Waals surface area contributed by atoms with E-state index in [0.29, 0.717) is 12.0 Å². The average Bonchev–Trinajstić information content (AvgIpc) is 3.52. The normalized spacial score (nSPS) is 19.1. The highest BCUT2D eigenvalue weighted by atomic mass is 35.5. The number of carbonyl (C=O) groups is 3. The lowest BCUT2D eigenvalue weighted by molar-refractivity contribution is -0.148. The molecule has 12 heteroatoms. The molecule has 228 valence electrons. The largest absolute Gasteiger partial charge is 0.478 e. The smallest absolute Gasteiger partial charge is 0.337 e. The topological polar surface area (TPSA) is 120 Å². The number of carboxylic acid groups (broad SMARTS) is 1. The van der Waals surface area contributed by atoms with Gasteiger partial charge in [-0.1, -0.05) is 59.2 Å². The number of para-hydroxylation sites is 1. The van der Waals surface area contributed by atoms with E-state index >= 15 is 0 Å². The van der Waals surface area contributed by atoms with Gasteiger partial charge in [-0.3, -0.25) is 9.59 Å². The van der Waals surface area contributed by atoms with Gasteiger partial charge in [0.2, 0.25) is 6.10 Å². The summed E-state index contributed by atoms with van der Waals surface area (Å²) in [7, 11) is 0. The van der Waals surface area contributed by atoms with E-state index in [1.165, 1.54) is 34.7 Å². The van der Waals surface area contributed by atoms with Crippen molar-refractivity contribution in [3.63, 3.8) is 0 Å². The molecule has 0 aromatic heterocycles. The van der Waals surface area contributed by atoms with Gasteiger partial charge in [-0.2, -0.15) is 0 Å². The highest BCUT2D eigenvalue weighted by Crippen LogP contribution is 2.38. The number of anilines is 1. The number of amides is 2. The second-order valence-corrected chi connectivity index (χ2v) is 10.9. The van der Waals surface area contributed by atoms with Gasteiger partial charge in [-0.05, 0) is 65.9 Å². The Morgan fingerprint density at radius 1 is 1.05 bits per heavy atom. The highest BCUT2D eigenvalue weighted by molar-refractivity contribution is 6.31. The molecular formula is C32H29Cl2FN4O5. The van der Waals surface area contributed by atoms with Crippen LogP contribution in [-0.4, -0.2) is 59.2 Å². The fraction of sp³-hybridized carbons (Fsp3) is 0.250. The molecule has 2 amide bonds. The Labute approximate surface area is 264 Å². The zero-order chi connectivity index (χ0) is 30.1. The summed E-state index contributed by atoms with van der Waals surface area (Å²) < 4.78 is 14.7. The second-order valence-electron chi connectivity index (χ2n) is 10.5. The van der Waals surface area contributed by atoms with Crippen LogP contribution in [0.4, 0.5) is 10.1 Å². The zero-order valence-corrected chi connectivity index (χ0v) is 25.0. The lowest BCUT2D eigenvalue weighted by Crippen LogP contribution is -2.49. The molecule has 3 heterocycles. The van der Waals surface area contributed by atoms with Gasteiger partial charge in [-0.15, -0.1) is 12.4 Å². The molecule has 1 unspecified atom stereocenters. The summed E-state index contributed by atoms with van der Waals surface area (Å²) in [6.07, 6.45) is 2.38. The molecule has 3 aliphatic rings. The van der Waals surface area contributed by atoms with Crippen LogP contribution in [0, 0.1) is 5.82 Å². The summed E-state index contributed by atoms with van der Waals surface area (Å²) in [4.78, 5) is 46.8. The van der Waals surface area contributed by atoms with Crippen molar-refractivity contribution >= 4 is 58.8 Å². The van der Waals surface area contributed by atoms with Crippen LogP contribution in [0.3, 0.4) is 0 Å². The van der Waals surface area contributed by atoms with Crippen molar-refractivity contribution in [3.8, 4) is 0 Å². The van der Waals surface area contributed by atoms with Crippen LogP contribution in [0.25, 0.3) is 5.57 Å². The first-order valence-electron chi connectivity index (χ1n) is 14.0. The fourth-order valence-corrected chi connectivity index (χ4v) is 6.09. The van der Waals surface area contributed by atoms with Crippen molar-refractivity contribution in [2.75, 3.05) is 25.0 Å². The SMILES string of the molecule is Cl.O=C(O)c1ccccc1NC(=O)[C@@H]1c2cccc(C3=CCNCC3)c2CCN1C(=O)C1CC(c2cccc(Cl)c2F)=NO1. The number of oxime groups is 1. The number of benzene rings is 3. The van der Waals surface area contributed by atoms with Crippen molar-refractivity contribution < 1.29 is 28.7 Å². The minimum atomic E-state index is -1.19. The van der Waals surface area contributed by atoms with Gasteiger partial charge >= 0.3 is 5.97 Å². The summed E-state index contributed by atoms with van der Waals surface area (Å²) in [6, 6.07) is 15.3. The predicted molar refractivity (Wildman–Crippen MR) is 167 cm³/mol. The second kappa shape index (κ2) is 13.2. The zero-order valence-electron chi connectivity index (χ0n) is 23.4. The number of rotatable bonds is 6. The summed E-state index contributed by atoms with van der Waals surface area (Å²) in [6.45, 7) is 1.80. The maximum Gasteiger partial charge on any atom is 0.337 e. The van der Waals surface area contributed by atoms with E-state index in [1.807, 2.05) is 18.2 Å². The van der Waals surface area contributed by atoms with Gasteiger partial charge in [0.1, 0.15) is 6.04 Å². The van der Waals surface area contributed by atoms with Crippen LogP contribution in [0.15, 0.2) is 71.9 Å². The van der Waals surface area contributed by atoms with E-state index in [2.05, 4.69) is 21.9 Å². The van der Waals surface area contributed by atoms with E-state index in [4.69, 9.17) is 16.4 Å². The Bertz CT molecular complexity index is 1690. The lowest BCUT2D eigenvalue weighted by Gasteiger charge is -2.38. The number of nitrogens with zero attached hydrogens (tertiary/aromatic N) is 2. The van der Waals surface area contributed by atoms with Gasteiger partial charge in [0.05, 0.1) is 22.0 Å². The van der Waals surface area contributed by atoms with Gasteiger partial charge in [0.25, 0.3) is 11.8 Å². The predicted octanol–water partition coefficient (Wildman–Crippen LogP) is 5.23. The van der Waals surface area contributed by atoms with Crippen LogP contribution < -0.4 is 10.6 Å². The summed E-state index contributed by atoms with van der Waals surface area (Å²) >= 11 is 5.95. The minimum Gasteiger partial charge on any atom is -0.478 e. The Balaban J connectivity index is 0.00000384. The third kappa shape index (κ3) is 5.93. The third-order valence-corrected chi connectivity index (χ3v) is 8.28. The van der Waals surface area contributed by atoms with Crippen molar-refractivity contribution in [1.82, 2.24) is 10.2 Å². The summed E-state index contributed by atoms with van der Waals surface area (Å²) in [5.41, 5.74) is 4.27. The number of carboxylic acids is 1. The molecular weight excluding hydrogens is 610 g/mol. The number of hydrogen-bond donors (Lipinski definition) is 3. The molecule has 3 N–H and O–H groups in total. The van der Waals surface area contributed by atoms with Crippen LogP contribution in [-0.2, 0) is 20.8 Å². The van der Waals surface area contributed by atoms with E-state index in [-0.39, 0.29) is 52.9 Å². The minimum absolute atomic E-state index is 0.